The lowest BCUT2D eigenvalue weighted by Crippen LogP contribution is -2.00. The normalized spacial score (nSPS) is 10.5. The van der Waals surface area contributed by atoms with E-state index in [4.69, 9.17) is 0 Å². The monoisotopic (exact) mass is 302 g/mol. The molecule has 0 amide bonds. The summed E-state index contributed by atoms with van der Waals surface area (Å²) in [6.07, 6.45) is 0.991. The van der Waals surface area contributed by atoms with Crippen molar-refractivity contribution in [2.45, 2.75) is 27.2 Å². The highest BCUT2D eigenvalue weighted by Gasteiger charge is 2.16. The van der Waals surface area contributed by atoms with Crippen LogP contribution in [0.2, 0.25) is 0 Å². The first-order valence-corrected chi connectivity index (χ1v) is 7.66. The van der Waals surface area contributed by atoms with E-state index >= 15 is 0 Å². The number of hydrogen-bond donors (Lipinski definition) is 0. The molecule has 0 bridgehead atoms. The van der Waals surface area contributed by atoms with E-state index in [0.29, 0.717) is 5.69 Å². The molecule has 0 aliphatic heterocycles. The van der Waals surface area contributed by atoms with E-state index in [-0.39, 0.29) is 0 Å². The zero-order valence-corrected chi connectivity index (χ0v) is 13.5. The molecular formula is C19H18N4. The molecule has 1 aromatic heterocycles. The molecular weight excluding hydrogens is 284 g/mol. The zero-order chi connectivity index (χ0) is 16.4. The second-order valence-electron chi connectivity index (χ2n) is 5.63. The molecule has 0 aliphatic carbocycles. The molecule has 0 unspecified atom stereocenters. The van der Waals surface area contributed by atoms with E-state index in [1.165, 1.54) is 16.7 Å². The third kappa shape index (κ3) is 2.74. The SMILES string of the molecule is CCc1ccc(-n2nnc(C#N)c2-c2ccc(C)c(C)c2)cc1. The smallest absolute Gasteiger partial charge is 0.191 e. The van der Waals surface area contributed by atoms with Gasteiger partial charge in [0.15, 0.2) is 5.69 Å². The van der Waals surface area contributed by atoms with Gasteiger partial charge < -0.3 is 0 Å². The second-order valence-corrected chi connectivity index (χ2v) is 5.63. The second kappa shape index (κ2) is 6.05. The first kappa shape index (κ1) is 15.0. The van der Waals surface area contributed by atoms with E-state index in [1.54, 1.807) is 4.68 Å². The standard InChI is InChI=1S/C19H18N4/c1-4-15-6-9-17(10-7-15)23-19(18(12-20)21-22-23)16-8-5-13(2)14(3)11-16/h5-11H,4H2,1-3H3. The van der Waals surface area contributed by atoms with Crippen LogP contribution in [0.15, 0.2) is 42.5 Å². The van der Waals surface area contributed by atoms with Crippen LogP contribution < -0.4 is 0 Å². The summed E-state index contributed by atoms with van der Waals surface area (Å²) in [6.45, 7) is 6.26. The topological polar surface area (TPSA) is 54.5 Å². The minimum absolute atomic E-state index is 0.341. The Balaban J connectivity index is 2.17. The summed E-state index contributed by atoms with van der Waals surface area (Å²) in [6, 6.07) is 16.5. The first-order chi connectivity index (χ1) is 11.1. The Morgan fingerprint density at radius 1 is 1.04 bits per heavy atom. The minimum Gasteiger partial charge on any atom is -0.211 e. The maximum Gasteiger partial charge on any atom is 0.191 e. The van der Waals surface area contributed by atoms with Crippen LogP contribution in [0.1, 0.15) is 29.3 Å². The van der Waals surface area contributed by atoms with Gasteiger partial charge in [0, 0.05) is 5.56 Å². The van der Waals surface area contributed by atoms with Crippen molar-refractivity contribution < 1.29 is 0 Å². The molecule has 3 rings (SSSR count). The van der Waals surface area contributed by atoms with Gasteiger partial charge in [-0.05, 0) is 55.2 Å². The number of nitriles is 1. The predicted octanol–water partition coefficient (Wildman–Crippen LogP) is 3.99. The molecule has 0 spiro atoms. The molecule has 0 atom stereocenters. The third-order valence-electron chi connectivity index (χ3n) is 4.15. The first-order valence-electron chi connectivity index (χ1n) is 7.66. The summed E-state index contributed by atoms with van der Waals surface area (Å²) in [5.41, 5.74) is 6.60. The van der Waals surface area contributed by atoms with Gasteiger partial charge in [-0.25, -0.2) is 4.68 Å². The average molecular weight is 302 g/mol. The molecule has 2 aromatic carbocycles. The lowest BCUT2D eigenvalue weighted by Gasteiger charge is -2.09. The van der Waals surface area contributed by atoms with Gasteiger partial charge in [0.2, 0.25) is 0 Å². The molecule has 0 fully saturated rings. The van der Waals surface area contributed by atoms with Crippen molar-refractivity contribution in [2.75, 3.05) is 0 Å². The van der Waals surface area contributed by atoms with Crippen LogP contribution in [-0.2, 0) is 6.42 Å². The van der Waals surface area contributed by atoms with Gasteiger partial charge in [-0.2, -0.15) is 5.26 Å². The quantitative estimate of drug-likeness (QED) is 0.735. The fourth-order valence-corrected chi connectivity index (χ4v) is 2.56. The third-order valence-corrected chi connectivity index (χ3v) is 4.15. The van der Waals surface area contributed by atoms with Crippen LogP contribution >= 0.6 is 0 Å². The van der Waals surface area contributed by atoms with Gasteiger partial charge in [-0.15, -0.1) is 5.10 Å². The number of benzene rings is 2. The van der Waals surface area contributed by atoms with Gasteiger partial charge in [-0.1, -0.05) is 36.4 Å². The number of nitrogens with zero attached hydrogens (tertiary/aromatic N) is 4. The van der Waals surface area contributed by atoms with Crippen LogP contribution in [0, 0.1) is 25.2 Å². The average Bonchev–Trinajstić information content (AvgIpc) is 3.01. The van der Waals surface area contributed by atoms with E-state index < -0.39 is 0 Å². The van der Waals surface area contributed by atoms with Crippen molar-refractivity contribution in [3.05, 3.63) is 64.8 Å². The maximum absolute atomic E-state index is 9.38. The molecule has 1 heterocycles. The Bertz CT molecular complexity index is 883. The van der Waals surface area contributed by atoms with Gasteiger partial charge in [-0.3, -0.25) is 0 Å². The molecule has 23 heavy (non-hydrogen) atoms. The number of aryl methyl sites for hydroxylation is 3. The van der Waals surface area contributed by atoms with E-state index in [1.807, 2.05) is 18.2 Å². The van der Waals surface area contributed by atoms with Crippen LogP contribution in [0.3, 0.4) is 0 Å². The van der Waals surface area contributed by atoms with Crippen molar-refractivity contribution in [2.24, 2.45) is 0 Å². The van der Waals surface area contributed by atoms with Gasteiger partial charge >= 0.3 is 0 Å². The van der Waals surface area contributed by atoms with Crippen molar-refractivity contribution in [3.63, 3.8) is 0 Å². The van der Waals surface area contributed by atoms with Crippen LogP contribution in [-0.4, -0.2) is 15.0 Å². The summed E-state index contributed by atoms with van der Waals surface area (Å²) in [5, 5.41) is 17.6. The van der Waals surface area contributed by atoms with Gasteiger partial charge in [0.05, 0.1) is 5.69 Å². The highest BCUT2D eigenvalue weighted by atomic mass is 15.4. The molecule has 0 radical (unpaired) electrons. The Morgan fingerprint density at radius 3 is 2.39 bits per heavy atom. The van der Waals surface area contributed by atoms with Crippen molar-refractivity contribution in [3.8, 4) is 23.0 Å². The van der Waals surface area contributed by atoms with Crippen LogP contribution in [0.25, 0.3) is 16.9 Å². The molecule has 3 aromatic rings. The van der Waals surface area contributed by atoms with Crippen molar-refractivity contribution >= 4 is 0 Å². The fraction of sp³-hybridized carbons (Fsp3) is 0.211. The van der Waals surface area contributed by atoms with Crippen molar-refractivity contribution in [1.82, 2.24) is 15.0 Å². The Labute approximate surface area is 136 Å². The summed E-state index contributed by atoms with van der Waals surface area (Å²) in [4.78, 5) is 0. The number of aromatic nitrogens is 3. The largest absolute Gasteiger partial charge is 0.211 e. The molecule has 0 saturated carbocycles. The summed E-state index contributed by atoms with van der Waals surface area (Å²) >= 11 is 0. The van der Waals surface area contributed by atoms with Gasteiger partial charge in [0.1, 0.15) is 11.8 Å². The van der Waals surface area contributed by atoms with Crippen molar-refractivity contribution in [1.29, 1.82) is 5.26 Å². The molecule has 114 valence electrons. The van der Waals surface area contributed by atoms with Gasteiger partial charge in [0.25, 0.3) is 0 Å². The fourth-order valence-electron chi connectivity index (χ4n) is 2.56. The predicted molar refractivity (Wildman–Crippen MR) is 90.4 cm³/mol. The zero-order valence-electron chi connectivity index (χ0n) is 13.5. The molecule has 0 aliphatic rings. The van der Waals surface area contributed by atoms with Crippen LogP contribution in [0.5, 0.6) is 0 Å². The lowest BCUT2D eigenvalue weighted by atomic mass is 10.0. The summed E-state index contributed by atoms with van der Waals surface area (Å²) in [5.74, 6) is 0. The molecule has 4 heteroatoms. The van der Waals surface area contributed by atoms with Crippen LogP contribution in [0.4, 0.5) is 0 Å². The lowest BCUT2D eigenvalue weighted by molar-refractivity contribution is 0.806. The summed E-state index contributed by atoms with van der Waals surface area (Å²) in [7, 11) is 0. The Hall–Kier alpha value is -2.93. The van der Waals surface area contributed by atoms with E-state index in [0.717, 1.165) is 23.4 Å². The Morgan fingerprint density at radius 2 is 1.78 bits per heavy atom. The highest BCUT2D eigenvalue weighted by molar-refractivity contribution is 5.68. The number of hydrogen-bond acceptors (Lipinski definition) is 3. The molecule has 0 saturated heterocycles. The summed E-state index contributed by atoms with van der Waals surface area (Å²) < 4.78 is 1.74. The highest BCUT2D eigenvalue weighted by Crippen LogP contribution is 2.26. The minimum atomic E-state index is 0.341. The Kier molecular flexibility index (Phi) is 3.94. The van der Waals surface area contributed by atoms with E-state index in [2.05, 4.69) is 61.4 Å². The molecule has 4 nitrogen and oxygen atoms in total. The number of rotatable bonds is 3. The van der Waals surface area contributed by atoms with E-state index in [9.17, 15) is 5.26 Å². The maximum atomic E-state index is 9.38. The molecule has 0 N–H and O–H groups in total.